The number of hydrogen-bond donors (Lipinski definition) is 1. The molecule has 2 aromatic rings. The number of nitrogens with one attached hydrogen (secondary N) is 1. The highest BCUT2D eigenvalue weighted by atomic mass is 16.3. The number of furan rings is 1. The van der Waals surface area contributed by atoms with E-state index in [-0.39, 0.29) is 17.9 Å². The molecule has 0 aromatic carbocycles. The van der Waals surface area contributed by atoms with Gasteiger partial charge in [-0.25, -0.2) is 0 Å². The van der Waals surface area contributed by atoms with Crippen LogP contribution in [-0.2, 0) is 11.3 Å². The number of carbonyl (C=O) groups excluding carboxylic acids is 2. The Morgan fingerprint density at radius 3 is 2.65 bits per heavy atom. The second-order valence-corrected chi connectivity index (χ2v) is 10.9. The lowest BCUT2D eigenvalue weighted by Gasteiger charge is -2.45. The van der Waals surface area contributed by atoms with E-state index in [1.807, 2.05) is 28.5 Å². The molecule has 2 atom stereocenters. The third-order valence-electron chi connectivity index (χ3n) is 8.50. The van der Waals surface area contributed by atoms with Crippen LogP contribution >= 0.6 is 0 Å². The van der Waals surface area contributed by atoms with Crippen molar-refractivity contribution in [3.05, 3.63) is 24.1 Å². The standard InChI is InChI=1S/C27H40N4O3/c1-20-10-7-8-14-29(20)15-9-16-31-25(32)23-18-24-22(13-17-34-24)30(23)19-27(31,2)26(33)28-21-11-5-3-4-6-12-21/h13,17-18,20-21H,3-12,14-16,19H2,1-2H3,(H,28,33)/t20-,27+/m0/s1. The molecule has 4 heterocycles. The summed E-state index contributed by atoms with van der Waals surface area (Å²) in [6.45, 7) is 7.40. The molecular weight excluding hydrogens is 428 g/mol. The van der Waals surface area contributed by atoms with Crippen molar-refractivity contribution in [3.63, 3.8) is 0 Å². The summed E-state index contributed by atoms with van der Waals surface area (Å²) in [7, 11) is 0. The Hall–Kier alpha value is -2.28. The van der Waals surface area contributed by atoms with Crippen LogP contribution in [0.1, 0.15) is 88.5 Å². The van der Waals surface area contributed by atoms with Crippen molar-refractivity contribution in [2.45, 2.75) is 102 Å². The number of aromatic nitrogens is 1. The Kier molecular flexibility index (Phi) is 6.74. The van der Waals surface area contributed by atoms with Gasteiger partial charge >= 0.3 is 0 Å². The molecule has 34 heavy (non-hydrogen) atoms. The Morgan fingerprint density at radius 1 is 1.12 bits per heavy atom. The van der Waals surface area contributed by atoms with Crippen LogP contribution in [0.15, 0.2) is 22.8 Å². The number of hydrogen-bond acceptors (Lipinski definition) is 4. The lowest BCUT2D eigenvalue weighted by atomic mass is 9.93. The van der Waals surface area contributed by atoms with Gasteiger partial charge in [0.15, 0.2) is 5.58 Å². The van der Waals surface area contributed by atoms with E-state index in [9.17, 15) is 9.59 Å². The number of fused-ring (bicyclic) bond motifs is 3. The fraction of sp³-hybridized carbons (Fsp3) is 0.704. The summed E-state index contributed by atoms with van der Waals surface area (Å²) in [4.78, 5) is 32.0. The molecule has 1 saturated heterocycles. The zero-order valence-corrected chi connectivity index (χ0v) is 20.9. The number of rotatable bonds is 6. The molecule has 1 saturated carbocycles. The van der Waals surface area contributed by atoms with E-state index >= 15 is 0 Å². The van der Waals surface area contributed by atoms with Gasteiger partial charge in [0.1, 0.15) is 11.2 Å². The van der Waals surface area contributed by atoms with Crippen molar-refractivity contribution >= 4 is 22.9 Å². The van der Waals surface area contributed by atoms with E-state index in [1.54, 1.807) is 6.26 Å². The molecule has 0 radical (unpaired) electrons. The minimum atomic E-state index is -0.923. The summed E-state index contributed by atoms with van der Waals surface area (Å²) >= 11 is 0. The molecule has 7 heteroatoms. The Morgan fingerprint density at radius 2 is 1.88 bits per heavy atom. The van der Waals surface area contributed by atoms with Crippen molar-refractivity contribution in [2.24, 2.45) is 0 Å². The summed E-state index contributed by atoms with van der Waals surface area (Å²) in [5.41, 5.74) is 1.30. The van der Waals surface area contributed by atoms with Crippen LogP contribution in [0.2, 0.25) is 0 Å². The molecular formula is C27H40N4O3. The first-order valence-corrected chi connectivity index (χ1v) is 13.4. The average molecular weight is 469 g/mol. The Bertz CT molecular complexity index is 1020. The second kappa shape index (κ2) is 9.76. The van der Waals surface area contributed by atoms with Crippen LogP contribution in [0, 0.1) is 0 Å². The number of likely N-dealkylation sites (tertiary alicyclic amines) is 1. The molecule has 2 aliphatic heterocycles. The highest BCUT2D eigenvalue weighted by molar-refractivity contribution is 6.02. The molecule has 2 fully saturated rings. The van der Waals surface area contributed by atoms with Crippen LogP contribution in [0.4, 0.5) is 0 Å². The fourth-order valence-corrected chi connectivity index (χ4v) is 6.31. The first-order chi connectivity index (χ1) is 16.5. The number of nitrogens with zero attached hydrogens (tertiary/aromatic N) is 3. The largest absolute Gasteiger partial charge is 0.463 e. The van der Waals surface area contributed by atoms with Gasteiger partial charge in [0, 0.05) is 37.3 Å². The van der Waals surface area contributed by atoms with Crippen LogP contribution in [0.25, 0.3) is 11.1 Å². The van der Waals surface area contributed by atoms with Crippen molar-refractivity contribution in [1.82, 2.24) is 19.7 Å². The van der Waals surface area contributed by atoms with Gasteiger partial charge in [0.2, 0.25) is 5.91 Å². The van der Waals surface area contributed by atoms with Crippen LogP contribution in [-0.4, -0.2) is 63.4 Å². The minimum absolute atomic E-state index is 0.0184. The van der Waals surface area contributed by atoms with Gasteiger partial charge in [-0.05, 0) is 52.5 Å². The van der Waals surface area contributed by atoms with E-state index in [2.05, 4.69) is 17.1 Å². The molecule has 0 spiro atoms. The van der Waals surface area contributed by atoms with Gasteiger partial charge < -0.3 is 24.1 Å². The predicted octanol–water partition coefficient (Wildman–Crippen LogP) is 4.55. The average Bonchev–Trinajstić information content (AvgIpc) is 3.31. The maximum Gasteiger partial charge on any atom is 0.271 e. The van der Waals surface area contributed by atoms with Crippen LogP contribution in [0.3, 0.4) is 0 Å². The maximum atomic E-state index is 13.8. The topological polar surface area (TPSA) is 70.7 Å². The molecule has 0 bridgehead atoms. The molecule has 1 N–H and O–H groups in total. The summed E-state index contributed by atoms with van der Waals surface area (Å²) < 4.78 is 7.57. The smallest absolute Gasteiger partial charge is 0.271 e. The highest BCUT2D eigenvalue weighted by Gasteiger charge is 2.48. The highest BCUT2D eigenvalue weighted by Crippen LogP contribution is 2.33. The number of carbonyl (C=O) groups is 2. The van der Waals surface area contributed by atoms with E-state index in [0.29, 0.717) is 30.4 Å². The zero-order valence-electron chi connectivity index (χ0n) is 20.9. The summed E-state index contributed by atoms with van der Waals surface area (Å²) in [6, 6.07) is 4.53. The van der Waals surface area contributed by atoms with Gasteiger partial charge in [-0.15, -0.1) is 0 Å². The van der Waals surface area contributed by atoms with Gasteiger partial charge in [-0.1, -0.05) is 32.1 Å². The minimum Gasteiger partial charge on any atom is -0.463 e. The Balaban J connectivity index is 1.38. The summed E-state index contributed by atoms with van der Waals surface area (Å²) in [6.07, 6.45) is 13.2. The summed E-state index contributed by atoms with van der Waals surface area (Å²) in [5.74, 6) is -0.0852. The first-order valence-electron chi connectivity index (χ1n) is 13.4. The van der Waals surface area contributed by atoms with Gasteiger partial charge in [0.05, 0.1) is 18.3 Å². The van der Waals surface area contributed by atoms with E-state index < -0.39 is 5.54 Å². The SMILES string of the molecule is C[C@H]1CCCCN1CCCN1C(=O)c2cc3occc3n2C[C@]1(C)C(=O)NC1CCCCCC1. The third kappa shape index (κ3) is 4.39. The quantitative estimate of drug-likeness (QED) is 0.632. The number of piperidine rings is 1. The molecule has 0 unspecified atom stereocenters. The van der Waals surface area contributed by atoms with E-state index in [4.69, 9.17) is 4.42 Å². The van der Waals surface area contributed by atoms with Crippen LogP contribution in [0.5, 0.6) is 0 Å². The number of amides is 2. The van der Waals surface area contributed by atoms with Crippen LogP contribution < -0.4 is 5.32 Å². The molecule has 5 rings (SSSR count). The van der Waals surface area contributed by atoms with E-state index in [1.165, 1.54) is 32.1 Å². The predicted molar refractivity (Wildman–Crippen MR) is 133 cm³/mol. The van der Waals surface area contributed by atoms with Crippen molar-refractivity contribution in [3.8, 4) is 0 Å². The van der Waals surface area contributed by atoms with Crippen molar-refractivity contribution in [1.29, 1.82) is 0 Å². The fourth-order valence-electron chi connectivity index (χ4n) is 6.31. The normalized spacial score (nSPS) is 27.1. The summed E-state index contributed by atoms with van der Waals surface area (Å²) in [5, 5.41) is 3.35. The molecule has 3 aliphatic rings. The first kappa shape index (κ1) is 23.5. The molecule has 186 valence electrons. The molecule has 1 aliphatic carbocycles. The van der Waals surface area contributed by atoms with Gasteiger partial charge in [0.25, 0.3) is 5.91 Å². The molecule has 2 amide bonds. The van der Waals surface area contributed by atoms with Crippen molar-refractivity contribution < 1.29 is 14.0 Å². The lowest BCUT2D eigenvalue weighted by molar-refractivity contribution is -0.133. The second-order valence-electron chi connectivity index (χ2n) is 10.9. The van der Waals surface area contributed by atoms with E-state index in [0.717, 1.165) is 50.7 Å². The molecule has 7 nitrogen and oxygen atoms in total. The Labute approximate surface area is 202 Å². The maximum absolute atomic E-state index is 13.8. The lowest BCUT2D eigenvalue weighted by Crippen LogP contribution is -2.65. The molecule has 2 aromatic heterocycles. The third-order valence-corrected chi connectivity index (χ3v) is 8.50. The zero-order chi connectivity index (χ0) is 23.7. The van der Waals surface area contributed by atoms with Gasteiger partial charge in [-0.3, -0.25) is 9.59 Å². The monoisotopic (exact) mass is 468 g/mol. The van der Waals surface area contributed by atoms with Gasteiger partial charge in [-0.2, -0.15) is 0 Å². The van der Waals surface area contributed by atoms with Crippen molar-refractivity contribution in [2.75, 3.05) is 19.6 Å².